The quantitative estimate of drug-likeness (QED) is 0.737. The number of hydrogen-bond donors (Lipinski definition) is 1. The van der Waals surface area contributed by atoms with Crippen LogP contribution in [0.4, 0.5) is 0 Å². The summed E-state index contributed by atoms with van der Waals surface area (Å²) in [4.78, 5) is 16.5. The van der Waals surface area contributed by atoms with E-state index in [2.05, 4.69) is 17.1 Å². The highest BCUT2D eigenvalue weighted by Crippen LogP contribution is 2.18. The number of piperazine rings is 1. The second-order valence-corrected chi connectivity index (χ2v) is 5.50. The van der Waals surface area contributed by atoms with Crippen LogP contribution in [0.1, 0.15) is 13.3 Å². The molecule has 2 aliphatic rings. The lowest BCUT2D eigenvalue weighted by atomic mass is 10.0. The van der Waals surface area contributed by atoms with Crippen molar-refractivity contribution in [3.8, 4) is 0 Å². The Hall–Kier alpha value is -0.650. The van der Waals surface area contributed by atoms with E-state index in [1.165, 1.54) is 0 Å². The summed E-state index contributed by atoms with van der Waals surface area (Å²) in [7, 11) is 1.69. The van der Waals surface area contributed by atoms with Gasteiger partial charge in [-0.1, -0.05) is 6.92 Å². The number of carbonyl (C=O) groups is 1. The lowest BCUT2D eigenvalue weighted by Gasteiger charge is -2.47. The molecule has 5 nitrogen and oxygen atoms in total. The number of ether oxygens (including phenoxy) is 1. The van der Waals surface area contributed by atoms with Crippen LogP contribution in [0.5, 0.6) is 0 Å². The number of methoxy groups -OCH3 is 1. The van der Waals surface area contributed by atoms with Gasteiger partial charge in [0.1, 0.15) is 0 Å². The predicted octanol–water partition coefficient (Wildman–Crippen LogP) is -0.225. The molecule has 2 rings (SSSR count). The van der Waals surface area contributed by atoms with Gasteiger partial charge in [-0.2, -0.15) is 0 Å². The van der Waals surface area contributed by atoms with Gasteiger partial charge in [0, 0.05) is 65.4 Å². The van der Waals surface area contributed by atoms with E-state index < -0.39 is 0 Å². The molecule has 18 heavy (non-hydrogen) atoms. The fraction of sp³-hybridized carbons (Fsp3) is 0.923. The van der Waals surface area contributed by atoms with E-state index in [1.807, 2.05) is 4.90 Å². The van der Waals surface area contributed by atoms with Crippen LogP contribution in [0.2, 0.25) is 0 Å². The zero-order valence-corrected chi connectivity index (χ0v) is 11.5. The first-order valence-corrected chi connectivity index (χ1v) is 6.92. The Balaban J connectivity index is 1.66. The van der Waals surface area contributed by atoms with E-state index in [9.17, 15) is 4.79 Å². The van der Waals surface area contributed by atoms with Gasteiger partial charge >= 0.3 is 0 Å². The minimum atomic E-state index is 0.283. The zero-order valence-electron chi connectivity index (χ0n) is 11.5. The zero-order chi connectivity index (χ0) is 13.0. The van der Waals surface area contributed by atoms with Crippen LogP contribution in [0, 0.1) is 5.92 Å². The first-order chi connectivity index (χ1) is 8.70. The largest absolute Gasteiger partial charge is 0.384 e. The van der Waals surface area contributed by atoms with Crippen LogP contribution in [-0.4, -0.2) is 74.7 Å². The summed E-state index contributed by atoms with van der Waals surface area (Å²) >= 11 is 0. The van der Waals surface area contributed by atoms with Crippen molar-refractivity contribution in [3.63, 3.8) is 0 Å². The van der Waals surface area contributed by atoms with E-state index in [0.29, 0.717) is 25.0 Å². The number of amides is 1. The molecular weight excluding hydrogens is 230 g/mol. The normalized spacial score (nSPS) is 23.8. The number of nitrogens with zero attached hydrogens (tertiary/aromatic N) is 2. The van der Waals surface area contributed by atoms with Gasteiger partial charge in [0.05, 0.1) is 0 Å². The average Bonchev–Trinajstić information content (AvgIpc) is 2.28. The Morgan fingerprint density at radius 2 is 2.06 bits per heavy atom. The monoisotopic (exact) mass is 255 g/mol. The molecule has 104 valence electrons. The van der Waals surface area contributed by atoms with E-state index in [-0.39, 0.29) is 5.91 Å². The van der Waals surface area contributed by atoms with E-state index in [1.54, 1.807) is 7.11 Å². The van der Waals surface area contributed by atoms with Crippen LogP contribution in [0.15, 0.2) is 0 Å². The summed E-state index contributed by atoms with van der Waals surface area (Å²) in [6.07, 6.45) is 0.613. The Labute approximate surface area is 109 Å². The maximum Gasteiger partial charge on any atom is 0.223 e. The molecule has 0 aromatic heterocycles. The number of hydrogen-bond acceptors (Lipinski definition) is 4. The fourth-order valence-electron chi connectivity index (χ4n) is 2.71. The van der Waals surface area contributed by atoms with Gasteiger partial charge in [0.25, 0.3) is 0 Å². The highest BCUT2D eigenvalue weighted by atomic mass is 16.5. The molecule has 0 spiro atoms. The smallest absolute Gasteiger partial charge is 0.223 e. The van der Waals surface area contributed by atoms with Crippen molar-refractivity contribution in [1.29, 1.82) is 0 Å². The molecule has 0 aliphatic carbocycles. The van der Waals surface area contributed by atoms with Crippen molar-refractivity contribution in [2.45, 2.75) is 19.4 Å². The summed E-state index contributed by atoms with van der Waals surface area (Å²) in [6, 6.07) is 0.591. The lowest BCUT2D eigenvalue weighted by molar-refractivity contribution is -0.140. The first-order valence-electron chi connectivity index (χ1n) is 6.92. The number of carbonyl (C=O) groups excluding carboxylic acids is 1. The van der Waals surface area contributed by atoms with Crippen molar-refractivity contribution in [1.82, 2.24) is 15.1 Å². The molecule has 1 N–H and O–H groups in total. The van der Waals surface area contributed by atoms with Crippen molar-refractivity contribution < 1.29 is 9.53 Å². The Kier molecular flexibility index (Phi) is 4.97. The summed E-state index contributed by atoms with van der Waals surface area (Å²) in [5.74, 6) is 0.603. The van der Waals surface area contributed by atoms with Crippen molar-refractivity contribution in [2.75, 3.05) is 53.0 Å². The third kappa shape index (κ3) is 3.43. The number of likely N-dealkylation sites (tertiary alicyclic amines) is 1. The summed E-state index contributed by atoms with van der Waals surface area (Å²) < 4.78 is 5.07. The van der Waals surface area contributed by atoms with Gasteiger partial charge in [-0.05, 0) is 5.92 Å². The van der Waals surface area contributed by atoms with Crippen LogP contribution in [0.25, 0.3) is 0 Å². The minimum absolute atomic E-state index is 0.283. The SMILES string of the molecule is COCC(C)CC(=O)N1CC(N2CCNCC2)C1. The number of nitrogens with one attached hydrogen (secondary N) is 1. The molecule has 5 heteroatoms. The number of rotatable bonds is 5. The Morgan fingerprint density at radius 1 is 1.39 bits per heavy atom. The molecule has 0 aromatic rings. The molecule has 2 heterocycles. The maximum atomic E-state index is 12.0. The molecule has 0 aromatic carbocycles. The standard InChI is InChI=1S/C13H25N3O2/c1-11(10-18-2)7-13(17)16-8-12(9-16)15-5-3-14-4-6-15/h11-12,14H,3-10H2,1-2H3. The van der Waals surface area contributed by atoms with Gasteiger partial charge < -0.3 is 15.0 Å². The lowest BCUT2D eigenvalue weighted by Crippen LogP contribution is -2.64. The molecule has 2 fully saturated rings. The fourth-order valence-corrected chi connectivity index (χ4v) is 2.71. The highest BCUT2D eigenvalue weighted by molar-refractivity contribution is 5.77. The van der Waals surface area contributed by atoms with Crippen molar-refractivity contribution in [3.05, 3.63) is 0 Å². The van der Waals surface area contributed by atoms with Crippen LogP contribution < -0.4 is 5.32 Å². The third-order valence-corrected chi connectivity index (χ3v) is 3.86. The summed E-state index contributed by atoms with van der Waals surface area (Å²) in [6.45, 7) is 8.96. The second-order valence-electron chi connectivity index (χ2n) is 5.50. The Bertz CT molecular complexity index is 273. The van der Waals surface area contributed by atoms with Crippen molar-refractivity contribution in [2.24, 2.45) is 5.92 Å². The van der Waals surface area contributed by atoms with Gasteiger partial charge in [0.2, 0.25) is 5.91 Å². The Morgan fingerprint density at radius 3 is 2.67 bits per heavy atom. The molecule has 2 aliphatic heterocycles. The van der Waals surface area contributed by atoms with Gasteiger partial charge in [-0.15, -0.1) is 0 Å². The maximum absolute atomic E-state index is 12.0. The van der Waals surface area contributed by atoms with Gasteiger partial charge in [-0.3, -0.25) is 9.69 Å². The van der Waals surface area contributed by atoms with Gasteiger partial charge in [0.15, 0.2) is 0 Å². The first kappa shape index (κ1) is 13.8. The van der Waals surface area contributed by atoms with Crippen LogP contribution in [-0.2, 0) is 9.53 Å². The minimum Gasteiger partial charge on any atom is -0.384 e. The predicted molar refractivity (Wildman–Crippen MR) is 70.5 cm³/mol. The van der Waals surface area contributed by atoms with Crippen molar-refractivity contribution >= 4 is 5.91 Å². The molecule has 0 radical (unpaired) electrons. The molecule has 0 bridgehead atoms. The summed E-state index contributed by atoms with van der Waals surface area (Å²) in [5, 5.41) is 3.36. The van der Waals surface area contributed by atoms with Crippen LogP contribution >= 0.6 is 0 Å². The summed E-state index contributed by atoms with van der Waals surface area (Å²) in [5.41, 5.74) is 0. The highest BCUT2D eigenvalue weighted by Gasteiger charge is 2.35. The van der Waals surface area contributed by atoms with Gasteiger partial charge in [-0.25, -0.2) is 0 Å². The molecule has 0 saturated carbocycles. The topological polar surface area (TPSA) is 44.8 Å². The second kappa shape index (κ2) is 6.50. The molecule has 2 saturated heterocycles. The average molecular weight is 255 g/mol. The molecular formula is C13H25N3O2. The molecule has 1 unspecified atom stereocenters. The van der Waals surface area contributed by atoms with E-state index >= 15 is 0 Å². The van der Waals surface area contributed by atoms with E-state index in [4.69, 9.17) is 4.74 Å². The third-order valence-electron chi connectivity index (χ3n) is 3.86. The molecule has 1 atom stereocenters. The van der Waals surface area contributed by atoms with E-state index in [0.717, 1.165) is 39.3 Å². The van der Waals surface area contributed by atoms with Crippen LogP contribution in [0.3, 0.4) is 0 Å². The molecule has 1 amide bonds.